The Balaban J connectivity index is 2.37. The van der Waals surface area contributed by atoms with Gasteiger partial charge in [-0.1, -0.05) is 18.2 Å². The predicted octanol–water partition coefficient (Wildman–Crippen LogP) is 1.57. The number of rotatable bonds is 3. The van der Waals surface area contributed by atoms with E-state index < -0.39 is 9.04 Å². The summed E-state index contributed by atoms with van der Waals surface area (Å²) < 4.78 is 5.45. The molecule has 0 aromatic heterocycles. The fraction of sp³-hybridized carbons (Fsp3) is 0.444. The molecule has 1 radical (unpaired) electrons. The second-order valence-electron chi connectivity index (χ2n) is 2.97. The molecule has 1 unspecified atom stereocenters. The summed E-state index contributed by atoms with van der Waals surface area (Å²) in [7, 11) is -0.667. The molecule has 1 aliphatic rings. The van der Waals surface area contributed by atoms with Gasteiger partial charge in [-0.2, -0.15) is 0 Å². The smallest absolute Gasteiger partial charge is 0.204 e. The maximum atomic E-state index is 11.2. The van der Waals surface area contributed by atoms with Crippen molar-refractivity contribution >= 4 is 14.8 Å². The second-order valence-corrected chi connectivity index (χ2v) is 5.08. The van der Waals surface area contributed by atoms with E-state index >= 15 is 0 Å². The Morgan fingerprint density at radius 1 is 1.50 bits per heavy atom. The topological polar surface area (TPSA) is 26.3 Å². The first-order valence-electron chi connectivity index (χ1n) is 4.02. The zero-order chi connectivity index (χ0) is 8.97. The van der Waals surface area contributed by atoms with Gasteiger partial charge in [0.25, 0.3) is 0 Å². The number of ketones is 1. The molecule has 12 heavy (non-hydrogen) atoms. The molecule has 2 nitrogen and oxygen atoms in total. The van der Waals surface area contributed by atoms with Gasteiger partial charge < -0.3 is 4.43 Å². The number of carbonyl (C=O) groups excluding carboxylic acids is 1. The van der Waals surface area contributed by atoms with Crippen molar-refractivity contribution in [2.45, 2.75) is 13.1 Å². The lowest BCUT2D eigenvalue weighted by Crippen LogP contribution is -2.21. The van der Waals surface area contributed by atoms with Gasteiger partial charge in [0, 0.05) is 6.61 Å². The minimum Gasteiger partial charge on any atom is -0.416 e. The average Bonchev–Trinajstić information content (AvgIpc) is 2.03. The van der Waals surface area contributed by atoms with Gasteiger partial charge in [-0.3, -0.25) is 4.79 Å². The second kappa shape index (κ2) is 4.38. The molecule has 0 saturated heterocycles. The Labute approximate surface area is 74.6 Å². The van der Waals surface area contributed by atoms with Crippen LogP contribution in [0.15, 0.2) is 24.3 Å². The van der Waals surface area contributed by atoms with E-state index in [1.54, 1.807) is 12.2 Å². The van der Waals surface area contributed by atoms with Gasteiger partial charge >= 0.3 is 0 Å². The van der Waals surface area contributed by atoms with Crippen LogP contribution in [0.25, 0.3) is 0 Å². The summed E-state index contributed by atoms with van der Waals surface area (Å²) in [5, 5.41) is 0. The summed E-state index contributed by atoms with van der Waals surface area (Å²) in [4.78, 5) is 11.2. The fourth-order valence-corrected chi connectivity index (χ4v) is 1.47. The van der Waals surface area contributed by atoms with Crippen LogP contribution in [-0.2, 0) is 9.22 Å². The summed E-state index contributed by atoms with van der Waals surface area (Å²) in [5.74, 6) is 0.107. The van der Waals surface area contributed by atoms with Crippen molar-refractivity contribution in [1.29, 1.82) is 0 Å². The highest BCUT2D eigenvalue weighted by molar-refractivity contribution is 6.48. The highest BCUT2D eigenvalue weighted by Gasteiger charge is 2.15. The van der Waals surface area contributed by atoms with Crippen LogP contribution < -0.4 is 0 Å². The number of hydrogen-bond donors (Lipinski definition) is 0. The van der Waals surface area contributed by atoms with Crippen molar-refractivity contribution in [3.05, 3.63) is 24.3 Å². The van der Waals surface area contributed by atoms with E-state index in [0.29, 0.717) is 6.61 Å². The largest absolute Gasteiger partial charge is 0.416 e. The first-order chi connectivity index (χ1) is 5.70. The Morgan fingerprint density at radius 3 is 2.83 bits per heavy atom. The summed E-state index contributed by atoms with van der Waals surface area (Å²) in [6.07, 6.45) is 7.16. The molecule has 65 valence electrons. The third-order valence-electron chi connectivity index (χ3n) is 1.63. The summed E-state index contributed by atoms with van der Waals surface area (Å²) in [6, 6.07) is 0. The van der Waals surface area contributed by atoms with E-state index in [0.717, 1.165) is 0 Å². The van der Waals surface area contributed by atoms with E-state index in [-0.39, 0.29) is 11.7 Å². The van der Waals surface area contributed by atoms with Gasteiger partial charge in [-0.15, -0.1) is 0 Å². The van der Waals surface area contributed by atoms with Crippen LogP contribution in [-0.4, -0.2) is 21.4 Å². The van der Waals surface area contributed by atoms with E-state index in [9.17, 15) is 4.79 Å². The molecule has 0 amide bonds. The Kier molecular flexibility index (Phi) is 3.43. The molecular weight excluding hydrogens is 168 g/mol. The average molecular weight is 181 g/mol. The minimum atomic E-state index is -0.667. The van der Waals surface area contributed by atoms with Gasteiger partial charge in [0.05, 0.1) is 5.92 Å². The highest BCUT2D eigenvalue weighted by Crippen LogP contribution is 2.08. The van der Waals surface area contributed by atoms with Gasteiger partial charge in [0.2, 0.25) is 9.04 Å². The van der Waals surface area contributed by atoms with Gasteiger partial charge in [0.15, 0.2) is 5.78 Å². The predicted molar refractivity (Wildman–Crippen MR) is 50.2 cm³/mol. The fourth-order valence-electron chi connectivity index (χ4n) is 0.961. The standard InChI is InChI=1S/C9H13O2Si/c1-12(2)11-7-8-5-3-4-6-9(8)10/h3-6,8H,7H2,1-2H3. The van der Waals surface area contributed by atoms with Crippen molar-refractivity contribution in [3.63, 3.8) is 0 Å². The summed E-state index contributed by atoms with van der Waals surface area (Å²) >= 11 is 0. The lowest BCUT2D eigenvalue weighted by Gasteiger charge is -2.13. The summed E-state index contributed by atoms with van der Waals surface area (Å²) in [6.45, 7) is 4.68. The number of allylic oxidation sites excluding steroid dienone is 3. The Hall–Kier alpha value is -0.673. The number of hydrogen-bond acceptors (Lipinski definition) is 2. The molecular formula is C9H13O2Si. The SMILES string of the molecule is C[Si](C)OCC1C=CC=CC1=O. The first-order valence-corrected chi connectivity index (χ1v) is 6.42. The van der Waals surface area contributed by atoms with E-state index in [2.05, 4.69) is 13.1 Å². The quantitative estimate of drug-likeness (QED) is 0.618. The highest BCUT2D eigenvalue weighted by atomic mass is 28.3. The Morgan fingerprint density at radius 2 is 2.25 bits per heavy atom. The normalized spacial score (nSPS) is 22.2. The third-order valence-corrected chi connectivity index (χ3v) is 2.38. The van der Waals surface area contributed by atoms with Crippen LogP contribution in [0.2, 0.25) is 13.1 Å². The molecule has 0 saturated carbocycles. The van der Waals surface area contributed by atoms with Crippen LogP contribution in [0.1, 0.15) is 0 Å². The zero-order valence-electron chi connectivity index (χ0n) is 7.41. The van der Waals surface area contributed by atoms with Crippen LogP contribution >= 0.6 is 0 Å². The molecule has 0 spiro atoms. The molecule has 0 heterocycles. The molecule has 1 atom stereocenters. The molecule has 0 bridgehead atoms. The number of carbonyl (C=O) groups is 1. The Bertz CT molecular complexity index is 219. The first kappa shape index (κ1) is 9.42. The van der Waals surface area contributed by atoms with Crippen molar-refractivity contribution in [2.24, 2.45) is 5.92 Å². The molecule has 0 fully saturated rings. The molecule has 0 N–H and O–H groups in total. The summed E-state index contributed by atoms with van der Waals surface area (Å²) in [5.41, 5.74) is 0. The molecule has 1 aliphatic carbocycles. The maximum Gasteiger partial charge on any atom is 0.204 e. The monoisotopic (exact) mass is 181 g/mol. The lowest BCUT2D eigenvalue weighted by molar-refractivity contribution is -0.117. The molecule has 0 aliphatic heterocycles. The van der Waals surface area contributed by atoms with Crippen molar-refractivity contribution < 1.29 is 9.22 Å². The minimum absolute atomic E-state index is 0.0464. The lowest BCUT2D eigenvalue weighted by atomic mass is 10.0. The van der Waals surface area contributed by atoms with E-state index in [4.69, 9.17) is 4.43 Å². The molecule has 0 aromatic carbocycles. The van der Waals surface area contributed by atoms with Crippen LogP contribution in [0.3, 0.4) is 0 Å². The van der Waals surface area contributed by atoms with E-state index in [1.807, 2.05) is 12.2 Å². The van der Waals surface area contributed by atoms with Crippen molar-refractivity contribution in [1.82, 2.24) is 0 Å². The molecule has 0 aromatic rings. The van der Waals surface area contributed by atoms with Crippen LogP contribution in [0.5, 0.6) is 0 Å². The van der Waals surface area contributed by atoms with Gasteiger partial charge in [-0.05, 0) is 19.2 Å². The van der Waals surface area contributed by atoms with Gasteiger partial charge in [0.1, 0.15) is 0 Å². The molecule has 3 heteroatoms. The third kappa shape index (κ3) is 2.75. The van der Waals surface area contributed by atoms with Crippen molar-refractivity contribution in [2.75, 3.05) is 6.61 Å². The van der Waals surface area contributed by atoms with Crippen molar-refractivity contribution in [3.8, 4) is 0 Å². The van der Waals surface area contributed by atoms with Crippen LogP contribution in [0.4, 0.5) is 0 Å². The van der Waals surface area contributed by atoms with Crippen LogP contribution in [0, 0.1) is 5.92 Å². The molecule has 1 rings (SSSR count). The van der Waals surface area contributed by atoms with Gasteiger partial charge in [-0.25, -0.2) is 0 Å². The zero-order valence-corrected chi connectivity index (χ0v) is 8.41. The van der Waals surface area contributed by atoms with E-state index in [1.165, 1.54) is 0 Å². The maximum absolute atomic E-state index is 11.2.